The van der Waals surface area contributed by atoms with Gasteiger partial charge in [-0.15, -0.1) is 0 Å². The fourth-order valence-corrected chi connectivity index (χ4v) is 1.51. The Balaban J connectivity index is 2.30. The zero-order valence-corrected chi connectivity index (χ0v) is 9.75. The Morgan fingerprint density at radius 3 is 2.35 bits per heavy atom. The Bertz CT molecular complexity index is 688. The first kappa shape index (κ1) is 13.9. The van der Waals surface area contributed by atoms with Crippen molar-refractivity contribution >= 4 is 11.6 Å². The molecule has 0 aliphatic rings. The van der Waals surface area contributed by atoms with Crippen LogP contribution in [0.2, 0.25) is 0 Å². The van der Waals surface area contributed by atoms with E-state index in [-0.39, 0.29) is 5.56 Å². The molecule has 7 heteroatoms. The van der Waals surface area contributed by atoms with Crippen LogP contribution >= 0.6 is 0 Å². The summed E-state index contributed by atoms with van der Waals surface area (Å²) in [5.74, 6) is -7.12. The van der Waals surface area contributed by atoms with Crippen LogP contribution in [0.15, 0.2) is 30.3 Å². The average molecular weight is 285 g/mol. The lowest BCUT2D eigenvalue weighted by molar-refractivity contribution is 0.102. The van der Waals surface area contributed by atoms with Gasteiger partial charge in [0.25, 0.3) is 5.91 Å². The summed E-state index contributed by atoms with van der Waals surface area (Å²) in [7, 11) is 0. The second-order valence-corrected chi connectivity index (χ2v) is 3.84. The van der Waals surface area contributed by atoms with Crippen molar-refractivity contribution in [3.05, 3.63) is 59.2 Å². The van der Waals surface area contributed by atoms with E-state index in [4.69, 9.17) is 0 Å². The minimum absolute atomic E-state index is 0.337. The number of halogens is 4. The van der Waals surface area contributed by atoms with Gasteiger partial charge in [-0.25, -0.2) is 17.6 Å². The van der Waals surface area contributed by atoms with E-state index in [0.29, 0.717) is 12.1 Å². The highest BCUT2D eigenvalue weighted by Crippen LogP contribution is 2.23. The fraction of sp³-hybridized carbons (Fsp3) is 0. The van der Waals surface area contributed by atoms with Gasteiger partial charge in [-0.1, -0.05) is 0 Å². The van der Waals surface area contributed by atoms with Crippen LogP contribution in [-0.4, -0.2) is 11.0 Å². The minimum Gasteiger partial charge on any atom is -0.507 e. The summed E-state index contributed by atoms with van der Waals surface area (Å²) in [6.45, 7) is 0. The maximum absolute atomic E-state index is 13.4. The predicted octanol–water partition coefficient (Wildman–Crippen LogP) is 3.20. The van der Waals surface area contributed by atoms with E-state index in [0.717, 1.165) is 18.2 Å². The lowest BCUT2D eigenvalue weighted by Gasteiger charge is -2.08. The van der Waals surface area contributed by atoms with Gasteiger partial charge in [0.2, 0.25) is 0 Å². The first-order chi connectivity index (χ1) is 9.40. The summed E-state index contributed by atoms with van der Waals surface area (Å²) in [4.78, 5) is 11.7. The van der Waals surface area contributed by atoms with Crippen molar-refractivity contribution in [3.63, 3.8) is 0 Å². The Morgan fingerprint density at radius 2 is 1.70 bits per heavy atom. The molecule has 2 N–H and O–H groups in total. The lowest BCUT2D eigenvalue weighted by atomic mass is 10.1. The van der Waals surface area contributed by atoms with E-state index in [2.05, 4.69) is 0 Å². The zero-order chi connectivity index (χ0) is 14.9. The molecule has 2 aromatic carbocycles. The largest absolute Gasteiger partial charge is 0.507 e. The Morgan fingerprint density at radius 1 is 1.00 bits per heavy atom. The number of anilines is 1. The van der Waals surface area contributed by atoms with E-state index in [1.807, 2.05) is 5.32 Å². The van der Waals surface area contributed by atoms with Gasteiger partial charge >= 0.3 is 0 Å². The Hall–Kier alpha value is -2.57. The van der Waals surface area contributed by atoms with Crippen LogP contribution in [0, 0.1) is 23.3 Å². The number of benzene rings is 2. The third kappa shape index (κ3) is 2.56. The molecule has 0 saturated heterocycles. The van der Waals surface area contributed by atoms with E-state index in [1.165, 1.54) is 0 Å². The van der Waals surface area contributed by atoms with Crippen molar-refractivity contribution in [1.82, 2.24) is 0 Å². The molecule has 0 fully saturated rings. The van der Waals surface area contributed by atoms with Crippen LogP contribution in [0.1, 0.15) is 10.4 Å². The monoisotopic (exact) mass is 285 g/mol. The quantitative estimate of drug-likeness (QED) is 0.657. The molecule has 0 bridgehead atoms. The molecule has 0 aromatic heterocycles. The zero-order valence-electron chi connectivity index (χ0n) is 9.75. The topological polar surface area (TPSA) is 49.3 Å². The maximum Gasteiger partial charge on any atom is 0.259 e. The van der Waals surface area contributed by atoms with Gasteiger partial charge in [0.1, 0.15) is 11.6 Å². The number of carbonyl (C=O) groups is 1. The molecular weight excluding hydrogens is 278 g/mol. The molecule has 20 heavy (non-hydrogen) atoms. The van der Waals surface area contributed by atoms with Gasteiger partial charge in [-0.2, -0.15) is 0 Å². The molecule has 2 rings (SSSR count). The summed E-state index contributed by atoms with van der Waals surface area (Å²) in [5, 5.41) is 11.3. The molecule has 0 spiro atoms. The lowest BCUT2D eigenvalue weighted by Crippen LogP contribution is -2.14. The van der Waals surface area contributed by atoms with Crippen molar-refractivity contribution in [2.24, 2.45) is 0 Å². The maximum atomic E-state index is 13.4. The first-order valence-corrected chi connectivity index (χ1v) is 5.33. The number of carbonyl (C=O) groups excluding carboxylic acids is 1. The van der Waals surface area contributed by atoms with Crippen molar-refractivity contribution < 1.29 is 27.5 Å². The third-order valence-electron chi connectivity index (χ3n) is 2.49. The number of rotatable bonds is 2. The molecule has 0 aliphatic heterocycles. The normalized spacial score (nSPS) is 10.4. The van der Waals surface area contributed by atoms with Gasteiger partial charge in [-0.05, 0) is 24.3 Å². The average Bonchev–Trinajstić information content (AvgIpc) is 2.39. The first-order valence-electron chi connectivity index (χ1n) is 5.33. The summed E-state index contributed by atoms with van der Waals surface area (Å²) < 4.78 is 51.8. The number of hydrogen-bond acceptors (Lipinski definition) is 2. The molecule has 0 heterocycles. The second-order valence-electron chi connectivity index (χ2n) is 3.84. The van der Waals surface area contributed by atoms with Crippen molar-refractivity contribution in [1.29, 1.82) is 0 Å². The van der Waals surface area contributed by atoms with E-state index < -0.39 is 40.6 Å². The van der Waals surface area contributed by atoms with Gasteiger partial charge in [0, 0.05) is 6.07 Å². The minimum atomic E-state index is -1.73. The number of amides is 1. The van der Waals surface area contributed by atoms with Gasteiger partial charge in [0.15, 0.2) is 17.5 Å². The predicted molar refractivity (Wildman–Crippen MR) is 62.3 cm³/mol. The summed E-state index contributed by atoms with van der Waals surface area (Å²) >= 11 is 0. The summed E-state index contributed by atoms with van der Waals surface area (Å²) in [5.41, 5.74) is -0.937. The molecule has 0 unspecified atom stereocenters. The molecular formula is C13H7F4NO2. The fourth-order valence-electron chi connectivity index (χ4n) is 1.51. The van der Waals surface area contributed by atoms with Crippen LogP contribution in [0.3, 0.4) is 0 Å². The van der Waals surface area contributed by atoms with Crippen molar-refractivity contribution in [2.75, 3.05) is 5.32 Å². The summed E-state index contributed by atoms with van der Waals surface area (Å²) in [6.07, 6.45) is 0. The van der Waals surface area contributed by atoms with Gasteiger partial charge in [-0.3, -0.25) is 4.79 Å². The van der Waals surface area contributed by atoms with Crippen LogP contribution in [0.25, 0.3) is 0 Å². The number of phenols is 1. The van der Waals surface area contributed by atoms with E-state index in [1.54, 1.807) is 0 Å². The molecule has 0 radical (unpaired) electrons. The standard InChI is InChI=1S/C13H7F4NO2/c14-6-1-2-7(10(19)5-6)13(20)18-9-4-3-8(15)11(16)12(9)17/h1-5,19H,(H,18,20). The molecule has 0 atom stereocenters. The smallest absolute Gasteiger partial charge is 0.259 e. The number of nitrogens with one attached hydrogen (secondary N) is 1. The number of phenolic OH excluding ortho intramolecular Hbond substituents is 1. The van der Waals surface area contributed by atoms with Crippen LogP contribution in [0.5, 0.6) is 5.75 Å². The molecule has 104 valence electrons. The summed E-state index contributed by atoms with van der Waals surface area (Å²) in [6, 6.07) is 4.04. The van der Waals surface area contributed by atoms with E-state index >= 15 is 0 Å². The van der Waals surface area contributed by atoms with Gasteiger partial charge < -0.3 is 10.4 Å². The number of hydrogen-bond donors (Lipinski definition) is 2. The molecule has 0 aliphatic carbocycles. The Kier molecular flexibility index (Phi) is 3.60. The molecule has 2 aromatic rings. The SMILES string of the molecule is O=C(Nc1ccc(F)c(F)c1F)c1ccc(F)cc1O. The van der Waals surface area contributed by atoms with Crippen molar-refractivity contribution in [2.45, 2.75) is 0 Å². The van der Waals surface area contributed by atoms with Crippen molar-refractivity contribution in [3.8, 4) is 5.75 Å². The van der Waals surface area contributed by atoms with Crippen LogP contribution in [0.4, 0.5) is 23.2 Å². The molecule has 1 amide bonds. The van der Waals surface area contributed by atoms with E-state index in [9.17, 15) is 27.5 Å². The highest BCUT2D eigenvalue weighted by atomic mass is 19.2. The van der Waals surface area contributed by atoms with Crippen LogP contribution < -0.4 is 5.32 Å². The highest BCUT2D eigenvalue weighted by Gasteiger charge is 2.17. The Labute approximate surface area is 110 Å². The third-order valence-corrected chi connectivity index (χ3v) is 2.49. The van der Waals surface area contributed by atoms with Gasteiger partial charge in [0.05, 0.1) is 11.3 Å². The van der Waals surface area contributed by atoms with Crippen LogP contribution in [-0.2, 0) is 0 Å². The second kappa shape index (κ2) is 5.20. The number of aromatic hydroxyl groups is 1. The molecule has 0 saturated carbocycles. The molecule has 3 nitrogen and oxygen atoms in total. The highest BCUT2D eigenvalue weighted by molar-refractivity contribution is 6.06.